The van der Waals surface area contributed by atoms with Gasteiger partial charge in [-0.1, -0.05) is 43.2 Å². The van der Waals surface area contributed by atoms with Crippen LogP contribution in [-0.4, -0.2) is 23.4 Å². The zero-order valence-corrected chi connectivity index (χ0v) is 9.53. The highest BCUT2D eigenvalue weighted by Crippen LogP contribution is 2.29. The molecule has 0 saturated heterocycles. The lowest BCUT2D eigenvalue weighted by Crippen LogP contribution is -2.34. The Kier molecular flexibility index (Phi) is 4.30. The third kappa shape index (κ3) is 2.58. The van der Waals surface area contributed by atoms with Gasteiger partial charge in [-0.25, -0.2) is 0 Å². The lowest BCUT2D eigenvalue weighted by atomic mass is 9.78. The highest BCUT2D eigenvalue weighted by molar-refractivity contribution is 5.30. The Balaban J connectivity index is 3.07. The number of aliphatic hydroxyl groups is 2. The molecule has 0 amide bonds. The van der Waals surface area contributed by atoms with E-state index in [1.54, 1.807) is 0 Å². The molecule has 2 nitrogen and oxygen atoms in total. The van der Waals surface area contributed by atoms with E-state index in [4.69, 9.17) is 0 Å². The van der Waals surface area contributed by atoms with Crippen molar-refractivity contribution in [3.05, 3.63) is 35.4 Å². The Hall–Kier alpha value is -0.860. The van der Waals surface area contributed by atoms with Gasteiger partial charge in [-0.2, -0.15) is 0 Å². The minimum absolute atomic E-state index is 0.000787. The molecular weight excluding hydrogens is 188 g/mol. The third-order valence-corrected chi connectivity index (χ3v) is 2.96. The molecule has 0 saturated carbocycles. The van der Waals surface area contributed by atoms with Crippen LogP contribution in [0, 0.1) is 6.92 Å². The zero-order valence-electron chi connectivity index (χ0n) is 9.53. The SMILES string of the molecule is CCCC(CO)(CO)c1cccc(C)c1. The van der Waals surface area contributed by atoms with Crippen LogP contribution < -0.4 is 0 Å². The lowest BCUT2D eigenvalue weighted by Gasteiger charge is -2.30. The Morgan fingerprint density at radius 3 is 2.33 bits per heavy atom. The first kappa shape index (κ1) is 12.2. The van der Waals surface area contributed by atoms with Crippen molar-refractivity contribution in [3.8, 4) is 0 Å². The maximum Gasteiger partial charge on any atom is 0.0550 e. The highest BCUT2D eigenvalue weighted by atomic mass is 16.3. The summed E-state index contributed by atoms with van der Waals surface area (Å²) in [6.07, 6.45) is 1.76. The van der Waals surface area contributed by atoms with Gasteiger partial charge in [0.1, 0.15) is 0 Å². The molecular formula is C13H20O2. The van der Waals surface area contributed by atoms with Gasteiger partial charge in [-0.05, 0) is 18.9 Å². The van der Waals surface area contributed by atoms with Crippen molar-refractivity contribution in [2.45, 2.75) is 32.1 Å². The van der Waals surface area contributed by atoms with Crippen molar-refractivity contribution < 1.29 is 10.2 Å². The molecule has 0 aliphatic rings. The van der Waals surface area contributed by atoms with E-state index in [1.807, 2.05) is 31.2 Å². The van der Waals surface area contributed by atoms with Gasteiger partial charge in [0.2, 0.25) is 0 Å². The molecule has 0 aliphatic carbocycles. The molecule has 2 heteroatoms. The minimum Gasteiger partial charge on any atom is -0.395 e. The molecule has 0 bridgehead atoms. The molecule has 0 unspecified atom stereocenters. The molecule has 1 aromatic carbocycles. The minimum atomic E-state index is -0.471. The molecule has 0 aliphatic heterocycles. The Morgan fingerprint density at radius 1 is 1.20 bits per heavy atom. The monoisotopic (exact) mass is 208 g/mol. The Morgan fingerprint density at radius 2 is 1.87 bits per heavy atom. The molecule has 15 heavy (non-hydrogen) atoms. The van der Waals surface area contributed by atoms with Gasteiger partial charge in [0.05, 0.1) is 13.2 Å². The van der Waals surface area contributed by atoms with Crippen molar-refractivity contribution in [1.29, 1.82) is 0 Å². The van der Waals surface area contributed by atoms with Crippen LogP contribution in [0.2, 0.25) is 0 Å². The summed E-state index contributed by atoms with van der Waals surface area (Å²) in [5.41, 5.74) is 1.73. The molecule has 0 aromatic heterocycles. The molecule has 2 N–H and O–H groups in total. The number of aliphatic hydroxyl groups excluding tert-OH is 2. The van der Waals surface area contributed by atoms with Gasteiger partial charge < -0.3 is 10.2 Å². The Labute approximate surface area is 91.6 Å². The molecule has 0 spiro atoms. The maximum atomic E-state index is 9.49. The van der Waals surface area contributed by atoms with Crippen LogP contribution in [0.25, 0.3) is 0 Å². The largest absolute Gasteiger partial charge is 0.395 e. The van der Waals surface area contributed by atoms with E-state index in [0.717, 1.165) is 24.0 Å². The van der Waals surface area contributed by atoms with E-state index in [0.29, 0.717) is 0 Å². The van der Waals surface area contributed by atoms with Gasteiger partial charge >= 0.3 is 0 Å². The molecule has 0 radical (unpaired) electrons. The smallest absolute Gasteiger partial charge is 0.0550 e. The van der Waals surface area contributed by atoms with Crippen LogP contribution in [0.1, 0.15) is 30.9 Å². The summed E-state index contributed by atoms with van der Waals surface area (Å²) in [5, 5.41) is 19.0. The molecule has 0 heterocycles. The average Bonchev–Trinajstić information content (AvgIpc) is 2.26. The van der Waals surface area contributed by atoms with E-state index >= 15 is 0 Å². The maximum absolute atomic E-state index is 9.49. The van der Waals surface area contributed by atoms with E-state index in [2.05, 4.69) is 6.92 Å². The standard InChI is InChI=1S/C13H20O2/c1-3-7-13(9-14,10-15)12-6-4-5-11(2)8-12/h4-6,8,14-15H,3,7,9-10H2,1-2H3. The topological polar surface area (TPSA) is 40.5 Å². The molecule has 1 rings (SSSR count). The number of aryl methyl sites for hydroxylation is 1. The summed E-state index contributed by atoms with van der Waals surface area (Å²) in [5.74, 6) is 0. The van der Waals surface area contributed by atoms with E-state index < -0.39 is 5.41 Å². The second-order valence-corrected chi connectivity index (χ2v) is 4.22. The van der Waals surface area contributed by atoms with Crippen molar-refractivity contribution >= 4 is 0 Å². The van der Waals surface area contributed by atoms with Gasteiger partial charge in [-0.15, -0.1) is 0 Å². The predicted molar refractivity (Wildman–Crippen MR) is 61.9 cm³/mol. The van der Waals surface area contributed by atoms with E-state index in [-0.39, 0.29) is 13.2 Å². The number of hydrogen-bond acceptors (Lipinski definition) is 2. The summed E-state index contributed by atoms with van der Waals surface area (Å²) < 4.78 is 0. The van der Waals surface area contributed by atoms with Crippen LogP contribution in [-0.2, 0) is 5.41 Å². The number of rotatable bonds is 5. The normalized spacial score (nSPS) is 11.7. The van der Waals surface area contributed by atoms with Gasteiger partial charge in [0, 0.05) is 5.41 Å². The number of benzene rings is 1. The summed E-state index contributed by atoms with van der Waals surface area (Å²) >= 11 is 0. The highest BCUT2D eigenvalue weighted by Gasteiger charge is 2.29. The van der Waals surface area contributed by atoms with Crippen LogP contribution in [0.4, 0.5) is 0 Å². The zero-order chi connectivity index (χ0) is 11.3. The van der Waals surface area contributed by atoms with Crippen LogP contribution in [0.3, 0.4) is 0 Å². The predicted octanol–water partition coefficient (Wildman–Crippen LogP) is 2.02. The first-order valence-corrected chi connectivity index (χ1v) is 5.47. The fourth-order valence-electron chi connectivity index (χ4n) is 1.99. The van der Waals surface area contributed by atoms with E-state index in [1.165, 1.54) is 0 Å². The summed E-state index contributed by atoms with van der Waals surface area (Å²) in [6.45, 7) is 4.09. The molecule has 0 atom stereocenters. The molecule has 1 aromatic rings. The summed E-state index contributed by atoms with van der Waals surface area (Å²) in [4.78, 5) is 0. The summed E-state index contributed by atoms with van der Waals surface area (Å²) in [6, 6.07) is 8.02. The quantitative estimate of drug-likeness (QED) is 0.777. The van der Waals surface area contributed by atoms with Crippen molar-refractivity contribution in [2.75, 3.05) is 13.2 Å². The van der Waals surface area contributed by atoms with Gasteiger partial charge in [0.15, 0.2) is 0 Å². The van der Waals surface area contributed by atoms with Gasteiger partial charge in [0.25, 0.3) is 0 Å². The third-order valence-electron chi connectivity index (χ3n) is 2.96. The first-order chi connectivity index (χ1) is 7.18. The fraction of sp³-hybridized carbons (Fsp3) is 0.538. The average molecular weight is 208 g/mol. The summed E-state index contributed by atoms with van der Waals surface area (Å²) in [7, 11) is 0. The number of hydrogen-bond donors (Lipinski definition) is 2. The second kappa shape index (κ2) is 5.29. The van der Waals surface area contributed by atoms with E-state index in [9.17, 15) is 10.2 Å². The lowest BCUT2D eigenvalue weighted by molar-refractivity contribution is 0.109. The second-order valence-electron chi connectivity index (χ2n) is 4.22. The fourth-order valence-corrected chi connectivity index (χ4v) is 1.99. The molecule has 84 valence electrons. The first-order valence-electron chi connectivity index (χ1n) is 5.47. The van der Waals surface area contributed by atoms with Crippen LogP contribution >= 0.6 is 0 Å². The van der Waals surface area contributed by atoms with Crippen molar-refractivity contribution in [1.82, 2.24) is 0 Å². The van der Waals surface area contributed by atoms with Crippen molar-refractivity contribution in [2.24, 2.45) is 0 Å². The van der Waals surface area contributed by atoms with Crippen LogP contribution in [0.15, 0.2) is 24.3 Å². The van der Waals surface area contributed by atoms with Gasteiger partial charge in [-0.3, -0.25) is 0 Å². The Bertz CT molecular complexity index is 303. The van der Waals surface area contributed by atoms with Crippen LogP contribution in [0.5, 0.6) is 0 Å². The van der Waals surface area contributed by atoms with Crippen molar-refractivity contribution in [3.63, 3.8) is 0 Å². The molecule has 0 fully saturated rings.